The summed E-state index contributed by atoms with van der Waals surface area (Å²) < 4.78 is 5.35. The Hall–Kier alpha value is -1.84. The second kappa shape index (κ2) is 6.19. The number of rotatable bonds is 5. The van der Waals surface area contributed by atoms with E-state index in [0.717, 1.165) is 37.0 Å². The zero-order valence-corrected chi connectivity index (χ0v) is 11.3. The molecule has 0 heterocycles. The van der Waals surface area contributed by atoms with Gasteiger partial charge >= 0.3 is 0 Å². The average molecular weight is 249 g/mol. The highest BCUT2D eigenvalue weighted by molar-refractivity contribution is 5.34. The van der Waals surface area contributed by atoms with Gasteiger partial charge in [0, 0.05) is 18.4 Å². The summed E-state index contributed by atoms with van der Waals surface area (Å²) in [6, 6.07) is 0. The molecular formula is C14H23N3O. The first-order valence-electron chi connectivity index (χ1n) is 6.09. The molecule has 4 N–H and O–H groups in total. The Morgan fingerprint density at radius 3 is 2.44 bits per heavy atom. The minimum absolute atomic E-state index is 0.514. The summed E-state index contributed by atoms with van der Waals surface area (Å²) in [7, 11) is 3.53. The molecule has 0 aromatic heterocycles. The van der Waals surface area contributed by atoms with Crippen LogP contribution in [0.5, 0.6) is 0 Å². The molecule has 0 unspecified atom stereocenters. The van der Waals surface area contributed by atoms with Crippen LogP contribution in [0.4, 0.5) is 0 Å². The van der Waals surface area contributed by atoms with Gasteiger partial charge in [-0.1, -0.05) is 13.2 Å². The topological polar surface area (TPSA) is 64.5 Å². The second-order valence-electron chi connectivity index (χ2n) is 4.39. The highest BCUT2D eigenvalue weighted by Gasteiger charge is 2.20. The molecule has 0 saturated heterocycles. The molecule has 4 nitrogen and oxygen atoms in total. The first-order valence-corrected chi connectivity index (χ1v) is 6.09. The van der Waals surface area contributed by atoms with Gasteiger partial charge in [0.15, 0.2) is 0 Å². The molecule has 0 radical (unpaired) electrons. The van der Waals surface area contributed by atoms with Gasteiger partial charge in [0.2, 0.25) is 5.88 Å². The minimum atomic E-state index is 0.514. The van der Waals surface area contributed by atoms with Crippen LogP contribution in [-0.4, -0.2) is 19.1 Å². The van der Waals surface area contributed by atoms with Gasteiger partial charge < -0.3 is 21.1 Å². The Balaban J connectivity index is 3.17. The molecule has 0 bridgehead atoms. The third kappa shape index (κ3) is 2.88. The molecular weight excluding hydrogens is 226 g/mol. The Kier molecular flexibility index (Phi) is 4.89. The maximum atomic E-state index is 5.88. The van der Waals surface area contributed by atoms with Crippen LogP contribution < -0.4 is 11.5 Å². The van der Waals surface area contributed by atoms with E-state index in [0.29, 0.717) is 17.3 Å². The maximum Gasteiger partial charge on any atom is 0.216 e. The molecule has 0 spiro atoms. The minimum Gasteiger partial charge on any atom is -0.481 e. The van der Waals surface area contributed by atoms with Crippen molar-refractivity contribution in [3.63, 3.8) is 0 Å². The van der Waals surface area contributed by atoms with Crippen molar-refractivity contribution >= 4 is 0 Å². The molecule has 0 aromatic carbocycles. The summed E-state index contributed by atoms with van der Waals surface area (Å²) in [5.74, 6) is 0.598. The molecule has 4 heteroatoms. The van der Waals surface area contributed by atoms with Gasteiger partial charge in [0.1, 0.15) is 0 Å². The van der Waals surface area contributed by atoms with Gasteiger partial charge in [0.05, 0.1) is 12.8 Å². The van der Waals surface area contributed by atoms with Crippen molar-refractivity contribution < 1.29 is 4.74 Å². The molecule has 0 amide bonds. The number of allylic oxidation sites excluding steroid dienone is 3. The third-order valence-corrected chi connectivity index (χ3v) is 3.20. The van der Waals surface area contributed by atoms with E-state index in [-0.39, 0.29) is 0 Å². The molecule has 1 aliphatic carbocycles. The third-order valence-electron chi connectivity index (χ3n) is 3.20. The number of ether oxygens (including phenoxy) is 1. The Morgan fingerprint density at radius 2 is 1.94 bits per heavy atom. The lowest BCUT2D eigenvalue weighted by atomic mass is 9.94. The number of methoxy groups -OCH3 is 1. The van der Waals surface area contributed by atoms with Gasteiger partial charge in [-0.05, 0) is 37.3 Å². The fourth-order valence-corrected chi connectivity index (χ4v) is 2.26. The van der Waals surface area contributed by atoms with Crippen molar-refractivity contribution in [2.75, 3.05) is 14.2 Å². The zero-order chi connectivity index (χ0) is 13.7. The van der Waals surface area contributed by atoms with Gasteiger partial charge in [0.25, 0.3) is 0 Å². The van der Waals surface area contributed by atoms with E-state index in [2.05, 4.69) is 13.2 Å². The summed E-state index contributed by atoms with van der Waals surface area (Å²) in [4.78, 5) is 1.95. The highest BCUT2D eigenvalue weighted by atomic mass is 16.5. The lowest BCUT2D eigenvalue weighted by Gasteiger charge is -2.30. The van der Waals surface area contributed by atoms with Gasteiger partial charge in [-0.2, -0.15) is 0 Å². The quantitative estimate of drug-likeness (QED) is 0.579. The zero-order valence-electron chi connectivity index (χ0n) is 11.3. The normalized spacial score (nSPS) is 17.0. The predicted octanol–water partition coefficient (Wildman–Crippen LogP) is 2.18. The number of nitrogens with two attached hydrogens (primary N) is 2. The van der Waals surface area contributed by atoms with Crippen molar-refractivity contribution in [3.8, 4) is 0 Å². The fourth-order valence-electron chi connectivity index (χ4n) is 2.26. The van der Waals surface area contributed by atoms with Crippen LogP contribution in [0.3, 0.4) is 0 Å². The van der Waals surface area contributed by atoms with Crippen molar-refractivity contribution in [2.45, 2.75) is 25.7 Å². The van der Waals surface area contributed by atoms with Crippen molar-refractivity contribution in [1.82, 2.24) is 4.90 Å². The summed E-state index contributed by atoms with van der Waals surface area (Å²) >= 11 is 0. The van der Waals surface area contributed by atoms with E-state index in [1.807, 2.05) is 11.9 Å². The largest absolute Gasteiger partial charge is 0.481 e. The first-order chi connectivity index (χ1) is 8.52. The molecule has 0 aliphatic heterocycles. The van der Waals surface area contributed by atoms with Crippen LogP contribution >= 0.6 is 0 Å². The van der Waals surface area contributed by atoms with Crippen molar-refractivity contribution in [3.05, 3.63) is 47.8 Å². The summed E-state index contributed by atoms with van der Waals surface area (Å²) in [6.45, 7) is 7.51. The van der Waals surface area contributed by atoms with Gasteiger partial charge in [-0.3, -0.25) is 0 Å². The van der Waals surface area contributed by atoms with Crippen LogP contribution in [0.15, 0.2) is 47.8 Å². The lowest BCUT2D eigenvalue weighted by Crippen LogP contribution is -2.25. The van der Waals surface area contributed by atoms with Crippen LogP contribution in [0.1, 0.15) is 25.7 Å². The molecule has 0 aromatic rings. The van der Waals surface area contributed by atoms with E-state index in [1.54, 1.807) is 13.2 Å². The van der Waals surface area contributed by atoms with Crippen LogP contribution in [0.2, 0.25) is 0 Å². The molecule has 100 valence electrons. The number of hydrogen-bond donors (Lipinski definition) is 2. The van der Waals surface area contributed by atoms with E-state index in [9.17, 15) is 0 Å². The van der Waals surface area contributed by atoms with E-state index in [1.165, 1.54) is 0 Å². The molecule has 0 fully saturated rings. The Bertz CT molecular complexity index is 407. The SMILES string of the molecule is C=CC(N)=C(OC)N(C)C1=C(C(=C)N)CCCC1. The molecule has 1 rings (SSSR count). The molecule has 0 atom stereocenters. The molecule has 0 saturated carbocycles. The molecule has 1 aliphatic rings. The van der Waals surface area contributed by atoms with Crippen LogP contribution in [-0.2, 0) is 4.74 Å². The summed E-state index contributed by atoms with van der Waals surface area (Å²) in [5, 5.41) is 0. The lowest BCUT2D eigenvalue weighted by molar-refractivity contribution is 0.188. The maximum absolute atomic E-state index is 5.88. The standard InChI is InChI=1S/C14H23N3O/c1-5-12(16)14(18-4)17(3)13-9-7-6-8-11(13)10(2)15/h5H,1-2,6-9,15-16H2,3-4H3. The summed E-state index contributed by atoms with van der Waals surface area (Å²) in [6.07, 6.45) is 5.78. The van der Waals surface area contributed by atoms with E-state index in [4.69, 9.17) is 16.2 Å². The average Bonchev–Trinajstić information content (AvgIpc) is 2.39. The number of hydrogen-bond acceptors (Lipinski definition) is 4. The van der Waals surface area contributed by atoms with E-state index < -0.39 is 0 Å². The first kappa shape index (κ1) is 14.2. The highest BCUT2D eigenvalue weighted by Crippen LogP contribution is 2.31. The smallest absolute Gasteiger partial charge is 0.216 e. The second-order valence-corrected chi connectivity index (χ2v) is 4.39. The van der Waals surface area contributed by atoms with Gasteiger partial charge in [-0.15, -0.1) is 0 Å². The van der Waals surface area contributed by atoms with Crippen molar-refractivity contribution in [1.29, 1.82) is 0 Å². The van der Waals surface area contributed by atoms with Crippen LogP contribution in [0.25, 0.3) is 0 Å². The summed E-state index contributed by atoms with van der Waals surface area (Å²) in [5.41, 5.74) is 15.1. The van der Waals surface area contributed by atoms with Crippen LogP contribution in [0, 0.1) is 0 Å². The Labute approximate surface area is 109 Å². The number of nitrogens with zero attached hydrogens (tertiary/aromatic N) is 1. The Morgan fingerprint density at radius 1 is 1.33 bits per heavy atom. The predicted molar refractivity (Wildman–Crippen MR) is 75.0 cm³/mol. The van der Waals surface area contributed by atoms with Gasteiger partial charge in [-0.25, -0.2) is 0 Å². The van der Waals surface area contributed by atoms with E-state index >= 15 is 0 Å². The monoisotopic (exact) mass is 249 g/mol. The van der Waals surface area contributed by atoms with Crippen molar-refractivity contribution in [2.24, 2.45) is 11.5 Å². The fraction of sp³-hybridized carbons (Fsp3) is 0.429. The molecule has 18 heavy (non-hydrogen) atoms.